The number of rotatable bonds is 3. The summed E-state index contributed by atoms with van der Waals surface area (Å²) in [6, 6.07) is 6.70. The number of benzene rings is 1. The van der Waals surface area contributed by atoms with Crippen LogP contribution in [0.2, 0.25) is 0 Å². The number of likely N-dealkylation sites (tertiary alicyclic amines) is 1. The molecule has 1 heterocycles. The number of amides is 1. The molecule has 2 unspecified atom stereocenters. The van der Waals surface area contributed by atoms with Crippen LogP contribution in [-0.4, -0.2) is 27.8 Å². The fourth-order valence-corrected chi connectivity index (χ4v) is 2.82. The van der Waals surface area contributed by atoms with Gasteiger partial charge in [0.2, 0.25) is 5.91 Å². The molecule has 1 aromatic carbocycles. The van der Waals surface area contributed by atoms with Crippen molar-refractivity contribution < 1.29 is 9.72 Å². The molecule has 0 saturated carbocycles. The van der Waals surface area contributed by atoms with E-state index in [1.54, 1.807) is 24.3 Å². The number of nitrogens with zero attached hydrogens (tertiary/aromatic N) is 2. The predicted octanol–water partition coefficient (Wildman–Crippen LogP) is 3.40. The van der Waals surface area contributed by atoms with Crippen LogP contribution in [-0.2, 0) is 4.79 Å². The molecule has 0 N–H and O–H groups in total. The molecule has 2 rings (SSSR count). The first-order chi connectivity index (χ1) is 9.99. The molecule has 0 aromatic heterocycles. The fraction of sp³-hybridized carbons (Fsp3) is 0.438. The third kappa shape index (κ3) is 3.68. The molecule has 2 atom stereocenters. The van der Waals surface area contributed by atoms with Gasteiger partial charge in [-0.3, -0.25) is 14.9 Å². The van der Waals surface area contributed by atoms with Crippen LogP contribution in [0.4, 0.5) is 5.69 Å². The molecule has 1 aromatic rings. The summed E-state index contributed by atoms with van der Waals surface area (Å²) in [5, 5.41) is 10.6. The highest BCUT2D eigenvalue weighted by molar-refractivity contribution is 5.92. The van der Waals surface area contributed by atoms with Crippen molar-refractivity contribution in [1.82, 2.24) is 4.90 Å². The number of carbonyl (C=O) groups excluding carboxylic acids is 1. The van der Waals surface area contributed by atoms with Gasteiger partial charge < -0.3 is 4.90 Å². The van der Waals surface area contributed by atoms with Crippen LogP contribution in [0.15, 0.2) is 30.3 Å². The Morgan fingerprint density at radius 1 is 1.24 bits per heavy atom. The van der Waals surface area contributed by atoms with Crippen LogP contribution < -0.4 is 0 Å². The van der Waals surface area contributed by atoms with E-state index in [0.29, 0.717) is 0 Å². The topological polar surface area (TPSA) is 63.5 Å². The van der Waals surface area contributed by atoms with Crippen LogP contribution in [0.3, 0.4) is 0 Å². The molecule has 1 aliphatic rings. The molecule has 1 aliphatic heterocycles. The summed E-state index contributed by atoms with van der Waals surface area (Å²) in [5.41, 5.74) is 0.836. The molecule has 0 bridgehead atoms. The van der Waals surface area contributed by atoms with Gasteiger partial charge in [0.25, 0.3) is 5.69 Å². The Kier molecular flexibility index (Phi) is 4.73. The minimum absolute atomic E-state index is 0.00746. The normalized spacial score (nSPS) is 22.5. The molecular formula is C16H20N2O3. The number of hydrogen-bond donors (Lipinski definition) is 0. The van der Waals surface area contributed by atoms with Gasteiger partial charge in [-0.1, -0.05) is 0 Å². The standard InChI is InChI=1S/C16H20N2O3/c1-12-4-3-5-13(2)17(12)16(19)11-8-14-6-9-15(10-7-14)18(20)21/h6-13H,3-5H2,1-2H3/b11-8+. The first-order valence-corrected chi connectivity index (χ1v) is 7.24. The Bertz CT molecular complexity index is 541. The van der Waals surface area contributed by atoms with Gasteiger partial charge in [0, 0.05) is 30.3 Å². The fourth-order valence-electron chi connectivity index (χ4n) is 2.82. The average Bonchev–Trinajstić information content (AvgIpc) is 2.45. The lowest BCUT2D eigenvalue weighted by molar-refractivity contribution is -0.384. The number of piperidine rings is 1. The Hall–Kier alpha value is -2.17. The highest BCUT2D eigenvalue weighted by Crippen LogP contribution is 2.23. The molecule has 21 heavy (non-hydrogen) atoms. The Balaban J connectivity index is 2.05. The van der Waals surface area contributed by atoms with Gasteiger partial charge in [0.1, 0.15) is 0 Å². The van der Waals surface area contributed by atoms with E-state index >= 15 is 0 Å². The lowest BCUT2D eigenvalue weighted by Crippen LogP contribution is -2.46. The Morgan fingerprint density at radius 3 is 2.33 bits per heavy atom. The van der Waals surface area contributed by atoms with E-state index < -0.39 is 4.92 Å². The minimum Gasteiger partial charge on any atom is -0.334 e. The number of hydrogen-bond acceptors (Lipinski definition) is 3. The van der Waals surface area contributed by atoms with Gasteiger partial charge >= 0.3 is 0 Å². The van der Waals surface area contributed by atoms with Crippen molar-refractivity contribution in [2.45, 2.75) is 45.2 Å². The molecule has 0 radical (unpaired) electrons. The summed E-state index contributed by atoms with van der Waals surface area (Å²) in [7, 11) is 0. The maximum atomic E-state index is 12.3. The smallest absolute Gasteiger partial charge is 0.269 e. The van der Waals surface area contributed by atoms with E-state index in [4.69, 9.17) is 0 Å². The van der Waals surface area contributed by atoms with Crippen molar-refractivity contribution >= 4 is 17.7 Å². The summed E-state index contributed by atoms with van der Waals surface area (Å²) in [6.45, 7) is 4.15. The second kappa shape index (κ2) is 6.52. The van der Waals surface area contributed by atoms with Crippen molar-refractivity contribution in [3.8, 4) is 0 Å². The van der Waals surface area contributed by atoms with E-state index in [1.165, 1.54) is 12.1 Å². The summed E-state index contributed by atoms with van der Waals surface area (Å²) < 4.78 is 0. The zero-order valence-electron chi connectivity index (χ0n) is 12.4. The molecule has 1 saturated heterocycles. The van der Waals surface area contributed by atoms with Crippen LogP contribution >= 0.6 is 0 Å². The first-order valence-electron chi connectivity index (χ1n) is 7.24. The van der Waals surface area contributed by atoms with Crippen LogP contribution in [0, 0.1) is 10.1 Å². The van der Waals surface area contributed by atoms with Crippen LogP contribution in [0.25, 0.3) is 6.08 Å². The summed E-state index contributed by atoms with van der Waals surface area (Å²) in [4.78, 5) is 24.4. The zero-order chi connectivity index (χ0) is 15.4. The van der Waals surface area contributed by atoms with Crippen molar-refractivity contribution in [1.29, 1.82) is 0 Å². The monoisotopic (exact) mass is 288 g/mol. The van der Waals surface area contributed by atoms with Crippen molar-refractivity contribution in [3.63, 3.8) is 0 Å². The molecule has 1 amide bonds. The zero-order valence-corrected chi connectivity index (χ0v) is 12.4. The second-order valence-electron chi connectivity index (χ2n) is 5.56. The highest BCUT2D eigenvalue weighted by Gasteiger charge is 2.27. The number of non-ortho nitro benzene ring substituents is 1. The largest absolute Gasteiger partial charge is 0.334 e. The average molecular weight is 288 g/mol. The number of carbonyl (C=O) groups is 1. The van der Waals surface area contributed by atoms with E-state index in [9.17, 15) is 14.9 Å². The van der Waals surface area contributed by atoms with Gasteiger partial charge in [-0.05, 0) is 56.9 Å². The predicted molar refractivity (Wildman–Crippen MR) is 81.8 cm³/mol. The molecule has 112 valence electrons. The quantitative estimate of drug-likeness (QED) is 0.486. The summed E-state index contributed by atoms with van der Waals surface area (Å²) in [5.74, 6) is 0.00746. The Labute approximate surface area is 124 Å². The molecule has 0 aliphatic carbocycles. The van der Waals surface area contributed by atoms with E-state index in [2.05, 4.69) is 13.8 Å². The third-order valence-electron chi connectivity index (χ3n) is 3.97. The molecular weight excluding hydrogens is 268 g/mol. The Morgan fingerprint density at radius 2 is 1.81 bits per heavy atom. The minimum atomic E-state index is -0.435. The van der Waals surface area contributed by atoms with Crippen LogP contribution in [0.1, 0.15) is 38.7 Å². The van der Waals surface area contributed by atoms with Gasteiger partial charge in [0.05, 0.1) is 4.92 Å². The third-order valence-corrected chi connectivity index (χ3v) is 3.97. The van der Waals surface area contributed by atoms with Gasteiger partial charge in [-0.2, -0.15) is 0 Å². The summed E-state index contributed by atoms with van der Waals surface area (Å²) in [6.07, 6.45) is 6.51. The maximum Gasteiger partial charge on any atom is 0.269 e. The molecule has 0 spiro atoms. The lowest BCUT2D eigenvalue weighted by Gasteiger charge is -2.38. The van der Waals surface area contributed by atoms with Crippen molar-refractivity contribution in [2.24, 2.45) is 0 Å². The van der Waals surface area contributed by atoms with Crippen LogP contribution in [0.5, 0.6) is 0 Å². The van der Waals surface area contributed by atoms with Gasteiger partial charge in [0.15, 0.2) is 0 Å². The van der Waals surface area contributed by atoms with E-state index in [0.717, 1.165) is 24.8 Å². The van der Waals surface area contributed by atoms with Crippen molar-refractivity contribution in [2.75, 3.05) is 0 Å². The molecule has 5 nitrogen and oxygen atoms in total. The first kappa shape index (κ1) is 15.2. The van der Waals surface area contributed by atoms with Gasteiger partial charge in [-0.15, -0.1) is 0 Å². The molecule has 5 heteroatoms. The van der Waals surface area contributed by atoms with E-state index in [-0.39, 0.29) is 23.7 Å². The number of nitro groups is 1. The van der Waals surface area contributed by atoms with Gasteiger partial charge in [-0.25, -0.2) is 0 Å². The van der Waals surface area contributed by atoms with Crippen molar-refractivity contribution in [3.05, 3.63) is 46.0 Å². The maximum absolute atomic E-state index is 12.3. The lowest BCUT2D eigenvalue weighted by atomic mass is 9.97. The molecule has 1 fully saturated rings. The highest BCUT2D eigenvalue weighted by atomic mass is 16.6. The SMILES string of the molecule is CC1CCCC(C)N1C(=O)/C=C/c1ccc([N+](=O)[O-])cc1. The second-order valence-corrected chi connectivity index (χ2v) is 5.56. The summed E-state index contributed by atoms with van der Waals surface area (Å²) >= 11 is 0. The van der Waals surface area contributed by atoms with E-state index in [1.807, 2.05) is 4.90 Å². The number of nitro benzene ring substituents is 1.